The van der Waals surface area contributed by atoms with Gasteiger partial charge < -0.3 is 15.3 Å². The van der Waals surface area contributed by atoms with E-state index in [1.807, 2.05) is 30.6 Å². The number of aliphatic hydroxyl groups excluding tert-OH is 1. The molecule has 1 rings (SSSR count). The lowest BCUT2D eigenvalue weighted by atomic mass is 10.2. The Kier molecular flexibility index (Phi) is 5.98. The molecule has 0 spiro atoms. The molecule has 0 bridgehead atoms. The third-order valence-electron chi connectivity index (χ3n) is 2.94. The Morgan fingerprint density at radius 3 is 3.00 bits per heavy atom. The van der Waals surface area contributed by atoms with Gasteiger partial charge in [-0.15, -0.1) is 0 Å². The first-order valence-corrected chi connectivity index (χ1v) is 7.02. The van der Waals surface area contributed by atoms with Crippen molar-refractivity contribution in [2.75, 3.05) is 25.2 Å². The molecule has 1 saturated heterocycles. The molecule has 0 saturated carbocycles. The van der Waals surface area contributed by atoms with Gasteiger partial charge in [-0.05, 0) is 31.9 Å². The Labute approximate surface area is 102 Å². The van der Waals surface area contributed by atoms with Gasteiger partial charge in [0, 0.05) is 31.5 Å². The van der Waals surface area contributed by atoms with Gasteiger partial charge >= 0.3 is 6.03 Å². The van der Waals surface area contributed by atoms with E-state index in [0.717, 1.165) is 30.8 Å². The van der Waals surface area contributed by atoms with E-state index in [9.17, 15) is 4.79 Å². The van der Waals surface area contributed by atoms with Crippen molar-refractivity contribution >= 4 is 17.8 Å². The van der Waals surface area contributed by atoms with Crippen LogP contribution in [0.25, 0.3) is 0 Å². The van der Waals surface area contributed by atoms with Crippen molar-refractivity contribution < 1.29 is 9.90 Å². The molecule has 1 heterocycles. The molecule has 4 nitrogen and oxygen atoms in total. The molecule has 16 heavy (non-hydrogen) atoms. The Morgan fingerprint density at radius 2 is 2.44 bits per heavy atom. The molecule has 1 aliphatic heterocycles. The van der Waals surface area contributed by atoms with Gasteiger partial charge in [-0.3, -0.25) is 0 Å². The molecule has 5 heteroatoms. The quantitative estimate of drug-likeness (QED) is 0.768. The maximum absolute atomic E-state index is 11.8. The van der Waals surface area contributed by atoms with Crippen LogP contribution in [0.5, 0.6) is 0 Å². The molecule has 1 aliphatic rings. The van der Waals surface area contributed by atoms with Gasteiger partial charge in [0.1, 0.15) is 0 Å². The minimum absolute atomic E-state index is 0.0120. The van der Waals surface area contributed by atoms with Crippen LogP contribution in [0.4, 0.5) is 4.79 Å². The predicted molar refractivity (Wildman–Crippen MR) is 67.8 cm³/mol. The van der Waals surface area contributed by atoms with Crippen molar-refractivity contribution in [3.63, 3.8) is 0 Å². The lowest BCUT2D eigenvalue weighted by Gasteiger charge is -2.26. The van der Waals surface area contributed by atoms with E-state index >= 15 is 0 Å². The van der Waals surface area contributed by atoms with Crippen LogP contribution >= 0.6 is 11.8 Å². The second-order valence-electron chi connectivity index (χ2n) is 4.34. The van der Waals surface area contributed by atoms with E-state index in [1.165, 1.54) is 0 Å². The molecule has 94 valence electrons. The molecule has 0 aromatic heterocycles. The van der Waals surface area contributed by atoms with Crippen LogP contribution in [-0.4, -0.2) is 53.3 Å². The van der Waals surface area contributed by atoms with Crippen LogP contribution < -0.4 is 5.32 Å². The lowest BCUT2D eigenvalue weighted by Crippen LogP contribution is -2.46. The number of thioether (sulfide) groups is 1. The Hall–Kier alpha value is -0.420. The molecule has 2 N–H and O–H groups in total. The van der Waals surface area contributed by atoms with E-state index in [1.54, 1.807) is 0 Å². The third kappa shape index (κ3) is 4.22. The summed E-state index contributed by atoms with van der Waals surface area (Å²) in [5.74, 6) is 2.21. The molecule has 2 amide bonds. The van der Waals surface area contributed by atoms with Crippen molar-refractivity contribution in [2.45, 2.75) is 38.3 Å². The van der Waals surface area contributed by atoms with Gasteiger partial charge in [-0.2, -0.15) is 11.8 Å². The van der Waals surface area contributed by atoms with Gasteiger partial charge in [-0.25, -0.2) is 4.79 Å². The first-order chi connectivity index (χ1) is 7.65. The second-order valence-corrected chi connectivity index (χ2v) is 5.49. The smallest absolute Gasteiger partial charge is 0.317 e. The highest BCUT2D eigenvalue weighted by Gasteiger charge is 2.24. The average molecular weight is 246 g/mol. The molecule has 2 unspecified atom stereocenters. The fourth-order valence-electron chi connectivity index (χ4n) is 1.78. The summed E-state index contributed by atoms with van der Waals surface area (Å²) in [5.41, 5.74) is 0. The van der Waals surface area contributed by atoms with Crippen LogP contribution in [0.1, 0.15) is 26.2 Å². The van der Waals surface area contributed by atoms with Gasteiger partial charge in [0.15, 0.2) is 0 Å². The van der Waals surface area contributed by atoms with Crippen LogP contribution in [0.2, 0.25) is 0 Å². The first kappa shape index (κ1) is 13.6. The van der Waals surface area contributed by atoms with Crippen LogP contribution in [0.15, 0.2) is 0 Å². The van der Waals surface area contributed by atoms with Crippen molar-refractivity contribution in [1.82, 2.24) is 10.2 Å². The van der Waals surface area contributed by atoms with Crippen molar-refractivity contribution in [3.8, 4) is 0 Å². The number of hydrogen-bond donors (Lipinski definition) is 2. The number of hydrogen-bond acceptors (Lipinski definition) is 3. The Balaban J connectivity index is 2.27. The lowest BCUT2D eigenvalue weighted by molar-refractivity contribution is 0.190. The molecule has 2 atom stereocenters. The summed E-state index contributed by atoms with van der Waals surface area (Å²) in [6.45, 7) is 2.17. The number of nitrogens with zero attached hydrogens (tertiary/aromatic N) is 1. The maximum Gasteiger partial charge on any atom is 0.317 e. The maximum atomic E-state index is 11.8. The molecule has 0 aromatic carbocycles. The van der Waals surface area contributed by atoms with E-state index in [-0.39, 0.29) is 18.7 Å². The summed E-state index contributed by atoms with van der Waals surface area (Å²) >= 11 is 1.91. The van der Waals surface area contributed by atoms with Crippen molar-refractivity contribution in [1.29, 1.82) is 0 Å². The summed E-state index contributed by atoms with van der Waals surface area (Å²) in [6, 6.07) is 0.532. The summed E-state index contributed by atoms with van der Waals surface area (Å²) in [6.07, 6.45) is 2.67. The number of nitrogens with one attached hydrogen (secondary N) is 1. The number of carbonyl (C=O) groups is 1. The first-order valence-electron chi connectivity index (χ1n) is 5.87. The van der Waals surface area contributed by atoms with Gasteiger partial charge in [0.05, 0.1) is 0 Å². The monoisotopic (exact) mass is 246 g/mol. The minimum Gasteiger partial charge on any atom is -0.396 e. The minimum atomic E-state index is 0.0120. The number of carbonyl (C=O) groups excluding carboxylic acids is 1. The zero-order valence-corrected chi connectivity index (χ0v) is 10.9. The molecular formula is C11H22N2O2S. The van der Waals surface area contributed by atoms with Gasteiger partial charge in [-0.1, -0.05) is 0 Å². The largest absolute Gasteiger partial charge is 0.396 e. The van der Waals surface area contributed by atoms with E-state index < -0.39 is 0 Å². The Morgan fingerprint density at radius 1 is 1.69 bits per heavy atom. The van der Waals surface area contributed by atoms with E-state index in [0.29, 0.717) is 6.04 Å². The number of urea groups is 1. The van der Waals surface area contributed by atoms with E-state index in [4.69, 9.17) is 5.11 Å². The highest BCUT2D eigenvalue weighted by molar-refractivity contribution is 7.99. The summed E-state index contributed by atoms with van der Waals surface area (Å²) in [4.78, 5) is 13.7. The highest BCUT2D eigenvalue weighted by atomic mass is 32.2. The summed E-state index contributed by atoms with van der Waals surface area (Å²) in [5, 5.41) is 11.7. The molecule has 0 radical (unpaired) electrons. The second kappa shape index (κ2) is 7.01. The van der Waals surface area contributed by atoms with Crippen molar-refractivity contribution in [3.05, 3.63) is 0 Å². The van der Waals surface area contributed by atoms with Crippen LogP contribution in [0.3, 0.4) is 0 Å². The Bertz CT molecular complexity index is 220. The number of aliphatic hydroxyl groups is 1. The summed E-state index contributed by atoms with van der Waals surface area (Å²) < 4.78 is 0. The van der Waals surface area contributed by atoms with Crippen LogP contribution in [0, 0.1) is 0 Å². The van der Waals surface area contributed by atoms with Crippen molar-refractivity contribution in [2.24, 2.45) is 0 Å². The average Bonchev–Trinajstić information content (AvgIpc) is 2.78. The molecule has 0 aliphatic carbocycles. The van der Waals surface area contributed by atoms with Gasteiger partial charge in [0.25, 0.3) is 0 Å². The third-order valence-corrected chi connectivity index (χ3v) is 4.08. The van der Waals surface area contributed by atoms with Gasteiger partial charge in [0.2, 0.25) is 0 Å². The zero-order chi connectivity index (χ0) is 12.0. The van der Waals surface area contributed by atoms with E-state index in [2.05, 4.69) is 5.32 Å². The SMILES string of the molecule is CC(CCCO)NC(=O)N(C)C1CCSC1. The highest BCUT2D eigenvalue weighted by Crippen LogP contribution is 2.21. The topological polar surface area (TPSA) is 52.6 Å². The molecule has 1 fully saturated rings. The number of amides is 2. The fraction of sp³-hybridized carbons (Fsp3) is 0.909. The molecular weight excluding hydrogens is 224 g/mol. The normalized spacial score (nSPS) is 21.8. The zero-order valence-electron chi connectivity index (χ0n) is 10.1. The summed E-state index contributed by atoms with van der Waals surface area (Å²) in [7, 11) is 1.87. The standard InChI is InChI=1S/C11H22N2O2S/c1-9(4-3-6-14)12-11(15)13(2)10-5-7-16-8-10/h9-10,14H,3-8H2,1-2H3,(H,12,15). The predicted octanol–water partition coefficient (Wildman–Crippen LogP) is 1.29. The van der Waals surface area contributed by atoms with Crippen LogP contribution in [-0.2, 0) is 0 Å². The number of rotatable bonds is 5. The fourth-order valence-corrected chi connectivity index (χ4v) is 3.04. The molecule has 0 aromatic rings.